The van der Waals surface area contributed by atoms with Crippen molar-refractivity contribution in [3.63, 3.8) is 0 Å². The van der Waals surface area contributed by atoms with E-state index in [1.54, 1.807) is 12.4 Å². The number of nitriles is 1. The van der Waals surface area contributed by atoms with Gasteiger partial charge in [-0.15, -0.1) is 0 Å². The second kappa shape index (κ2) is 9.27. The Hall–Kier alpha value is -2.33. The number of nitrogens with zero attached hydrogens (tertiary/aromatic N) is 3. The number of fused-ring (bicyclic) bond motifs is 2. The second-order valence-electron chi connectivity index (χ2n) is 10.5. The average Bonchev–Trinajstić information content (AvgIpc) is 3.00. The van der Waals surface area contributed by atoms with Crippen LogP contribution >= 0.6 is 0 Å². The van der Waals surface area contributed by atoms with Crippen molar-refractivity contribution < 1.29 is 19.0 Å². The minimum atomic E-state index is -0.465. The first-order chi connectivity index (χ1) is 15.2. The van der Waals surface area contributed by atoms with Gasteiger partial charge in [0.25, 0.3) is 0 Å². The van der Waals surface area contributed by atoms with E-state index in [9.17, 15) is 10.1 Å². The van der Waals surface area contributed by atoms with E-state index in [0.29, 0.717) is 11.3 Å². The van der Waals surface area contributed by atoms with E-state index in [2.05, 4.69) is 11.1 Å². The quantitative estimate of drug-likeness (QED) is 0.661. The standard InChI is InChI=1S/C25H35N3O4/c1-16-14-27-15-17(13-26)23(16)31-21-9-7-20(8-10-21)30-22-11-18-5-6-19(12-22)28(18)24(29)32-25(2,3)4/h14-15,18-22H,5-12H2,1-4H3/t18-,19-,20?,21?/m0/s1. The molecule has 0 aromatic carbocycles. The van der Waals surface area contributed by atoms with Crippen molar-refractivity contribution in [1.82, 2.24) is 9.88 Å². The average molecular weight is 442 g/mol. The molecule has 7 nitrogen and oxygen atoms in total. The maximum Gasteiger partial charge on any atom is 0.410 e. The molecule has 2 bridgehead atoms. The van der Waals surface area contributed by atoms with Crippen molar-refractivity contribution in [2.24, 2.45) is 0 Å². The summed E-state index contributed by atoms with van der Waals surface area (Å²) in [6.07, 6.45) is 11.3. The molecule has 1 saturated carbocycles. The smallest absolute Gasteiger partial charge is 0.410 e. The third-order valence-corrected chi connectivity index (χ3v) is 6.78. The normalized spacial score (nSPS) is 30.0. The molecule has 1 aliphatic carbocycles. The number of aryl methyl sites for hydroxylation is 1. The summed E-state index contributed by atoms with van der Waals surface area (Å²) in [6, 6.07) is 2.64. The Morgan fingerprint density at radius 1 is 1.03 bits per heavy atom. The first-order valence-electron chi connectivity index (χ1n) is 11.9. The second-order valence-corrected chi connectivity index (χ2v) is 10.5. The zero-order valence-electron chi connectivity index (χ0n) is 19.7. The summed E-state index contributed by atoms with van der Waals surface area (Å²) in [4.78, 5) is 18.7. The van der Waals surface area contributed by atoms with Crippen LogP contribution < -0.4 is 4.74 Å². The lowest BCUT2D eigenvalue weighted by atomic mass is 9.93. The number of amides is 1. The van der Waals surface area contributed by atoms with E-state index in [4.69, 9.17) is 14.2 Å². The fourth-order valence-electron chi connectivity index (χ4n) is 5.37. The van der Waals surface area contributed by atoms with Gasteiger partial charge in [0.15, 0.2) is 0 Å². The van der Waals surface area contributed by atoms with Crippen LogP contribution in [0.15, 0.2) is 12.4 Å². The Bertz CT molecular complexity index is 853. The van der Waals surface area contributed by atoms with E-state index in [0.717, 1.165) is 56.9 Å². The number of rotatable bonds is 4. The van der Waals surface area contributed by atoms with Crippen molar-refractivity contribution in [2.45, 2.75) is 115 Å². The fraction of sp³-hybridized carbons (Fsp3) is 0.720. The SMILES string of the molecule is Cc1cncc(C#N)c1OC1CCC(OC2C[C@@H]3CC[C@@H](C2)N3C(=O)OC(C)(C)C)CC1. The predicted molar refractivity (Wildman–Crippen MR) is 119 cm³/mol. The molecule has 1 amide bonds. The van der Waals surface area contributed by atoms with Gasteiger partial charge in [-0.25, -0.2) is 4.79 Å². The zero-order chi connectivity index (χ0) is 22.9. The van der Waals surface area contributed by atoms with Crippen LogP contribution in [0.1, 0.15) is 83.3 Å². The van der Waals surface area contributed by atoms with Crippen LogP contribution in [0, 0.1) is 18.3 Å². The maximum absolute atomic E-state index is 12.7. The van der Waals surface area contributed by atoms with Gasteiger partial charge in [-0.1, -0.05) is 0 Å². The topological polar surface area (TPSA) is 84.7 Å². The fourth-order valence-corrected chi connectivity index (χ4v) is 5.37. The molecule has 2 saturated heterocycles. The molecular weight excluding hydrogens is 406 g/mol. The Labute approximate surface area is 191 Å². The summed E-state index contributed by atoms with van der Waals surface area (Å²) in [5.41, 5.74) is 0.929. The first kappa shape index (κ1) is 22.8. The summed E-state index contributed by atoms with van der Waals surface area (Å²) < 4.78 is 18.3. The van der Waals surface area contributed by atoms with Crippen LogP contribution in [0.2, 0.25) is 0 Å². The number of aromatic nitrogens is 1. The van der Waals surface area contributed by atoms with Crippen LogP contribution in [0.25, 0.3) is 0 Å². The summed E-state index contributed by atoms with van der Waals surface area (Å²) in [5.74, 6) is 0.665. The molecule has 0 radical (unpaired) electrons. The molecular formula is C25H35N3O4. The van der Waals surface area contributed by atoms with Gasteiger partial charge in [0.2, 0.25) is 0 Å². The van der Waals surface area contributed by atoms with E-state index in [1.807, 2.05) is 32.6 Å². The highest BCUT2D eigenvalue weighted by molar-refractivity contribution is 5.69. The molecule has 0 N–H and O–H groups in total. The van der Waals surface area contributed by atoms with Crippen molar-refractivity contribution in [3.05, 3.63) is 23.5 Å². The molecule has 1 aromatic heterocycles. The molecule has 2 aliphatic heterocycles. The summed E-state index contributed by atoms with van der Waals surface area (Å²) in [6.45, 7) is 7.68. The highest BCUT2D eigenvalue weighted by Gasteiger charge is 2.45. The van der Waals surface area contributed by atoms with Crippen LogP contribution in [-0.4, -0.2) is 52.0 Å². The van der Waals surface area contributed by atoms with E-state index in [-0.39, 0.29) is 36.5 Å². The first-order valence-corrected chi connectivity index (χ1v) is 11.9. The number of carbonyl (C=O) groups excluding carboxylic acids is 1. The molecule has 3 fully saturated rings. The molecule has 174 valence electrons. The van der Waals surface area contributed by atoms with Crippen molar-refractivity contribution in [1.29, 1.82) is 5.26 Å². The monoisotopic (exact) mass is 441 g/mol. The highest BCUT2D eigenvalue weighted by Crippen LogP contribution is 2.39. The molecule has 4 rings (SSSR count). The van der Waals surface area contributed by atoms with Crippen molar-refractivity contribution in [3.8, 4) is 11.8 Å². The van der Waals surface area contributed by atoms with Crippen LogP contribution in [0.5, 0.6) is 5.75 Å². The minimum Gasteiger partial charge on any atom is -0.489 e. The molecule has 7 heteroatoms. The molecule has 3 aliphatic rings. The molecule has 3 heterocycles. The highest BCUT2D eigenvalue weighted by atomic mass is 16.6. The lowest BCUT2D eigenvalue weighted by Gasteiger charge is -2.41. The third-order valence-electron chi connectivity index (χ3n) is 6.78. The maximum atomic E-state index is 12.7. The molecule has 0 unspecified atom stereocenters. The van der Waals surface area contributed by atoms with Crippen molar-refractivity contribution >= 4 is 6.09 Å². The van der Waals surface area contributed by atoms with E-state index < -0.39 is 5.60 Å². The predicted octanol–water partition coefficient (Wildman–Crippen LogP) is 4.90. The number of ether oxygens (including phenoxy) is 3. The van der Waals surface area contributed by atoms with Crippen LogP contribution in [0.3, 0.4) is 0 Å². The largest absolute Gasteiger partial charge is 0.489 e. The third kappa shape index (κ3) is 5.17. The van der Waals surface area contributed by atoms with Crippen LogP contribution in [-0.2, 0) is 9.47 Å². The molecule has 0 spiro atoms. The molecule has 1 aromatic rings. The minimum absolute atomic E-state index is 0.105. The van der Waals surface area contributed by atoms with Gasteiger partial charge in [-0.05, 0) is 79.1 Å². The Kier molecular flexibility index (Phi) is 6.62. The number of pyridine rings is 1. The zero-order valence-corrected chi connectivity index (χ0v) is 19.7. The molecule has 2 atom stereocenters. The van der Waals surface area contributed by atoms with Crippen LogP contribution in [0.4, 0.5) is 4.79 Å². The Morgan fingerprint density at radius 3 is 2.25 bits per heavy atom. The van der Waals surface area contributed by atoms with Gasteiger partial charge in [0, 0.05) is 30.0 Å². The van der Waals surface area contributed by atoms with E-state index in [1.165, 1.54) is 0 Å². The van der Waals surface area contributed by atoms with Gasteiger partial charge < -0.3 is 19.1 Å². The summed E-state index contributed by atoms with van der Waals surface area (Å²) in [5, 5.41) is 9.33. The number of hydrogen-bond donors (Lipinski definition) is 0. The lowest BCUT2D eigenvalue weighted by molar-refractivity contribution is -0.0813. The van der Waals surface area contributed by atoms with Gasteiger partial charge in [-0.3, -0.25) is 4.98 Å². The van der Waals surface area contributed by atoms with Gasteiger partial charge in [-0.2, -0.15) is 5.26 Å². The Balaban J connectivity index is 1.26. The van der Waals surface area contributed by atoms with Crippen molar-refractivity contribution in [2.75, 3.05) is 0 Å². The summed E-state index contributed by atoms with van der Waals surface area (Å²) >= 11 is 0. The Morgan fingerprint density at radius 2 is 1.66 bits per heavy atom. The van der Waals surface area contributed by atoms with Gasteiger partial charge in [0.05, 0.1) is 18.3 Å². The number of piperidine rings is 1. The van der Waals surface area contributed by atoms with E-state index >= 15 is 0 Å². The summed E-state index contributed by atoms with van der Waals surface area (Å²) in [7, 11) is 0. The molecule has 32 heavy (non-hydrogen) atoms. The van der Waals surface area contributed by atoms with Gasteiger partial charge in [0.1, 0.15) is 23.0 Å². The number of carbonyl (C=O) groups is 1. The number of hydrogen-bond acceptors (Lipinski definition) is 6. The lowest BCUT2D eigenvalue weighted by Crippen LogP contribution is -2.50. The van der Waals surface area contributed by atoms with Gasteiger partial charge >= 0.3 is 6.09 Å².